The van der Waals surface area contributed by atoms with Gasteiger partial charge in [0, 0.05) is 30.9 Å². The van der Waals surface area contributed by atoms with Gasteiger partial charge in [-0.25, -0.2) is 4.98 Å². The number of aryl methyl sites for hydroxylation is 1. The van der Waals surface area contributed by atoms with Gasteiger partial charge in [0.15, 0.2) is 0 Å². The largest absolute Gasteiger partial charge is 0.355 e. The molecule has 0 aliphatic carbocycles. The predicted molar refractivity (Wildman–Crippen MR) is 96.6 cm³/mol. The van der Waals surface area contributed by atoms with E-state index in [9.17, 15) is 9.59 Å². The van der Waals surface area contributed by atoms with Crippen molar-refractivity contribution in [2.24, 2.45) is 5.41 Å². The van der Waals surface area contributed by atoms with E-state index in [4.69, 9.17) is 0 Å². The number of hydrogen-bond acceptors (Lipinski definition) is 4. The Kier molecular flexibility index (Phi) is 4.07. The molecule has 1 aromatic heterocycles. The van der Waals surface area contributed by atoms with Gasteiger partial charge in [-0.15, -0.1) is 11.3 Å². The fourth-order valence-electron chi connectivity index (χ4n) is 4.15. The summed E-state index contributed by atoms with van der Waals surface area (Å²) in [5, 5.41) is 5.77. The first kappa shape index (κ1) is 16.3. The maximum atomic E-state index is 12.7. The molecule has 2 saturated heterocycles. The highest BCUT2D eigenvalue weighted by atomic mass is 32.1. The number of benzene rings is 1. The van der Waals surface area contributed by atoms with Crippen molar-refractivity contribution < 1.29 is 9.59 Å². The molecule has 0 bridgehead atoms. The van der Waals surface area contributed by atoms with Crippen LogP contribution in [0.2, 0.25) is 0 Å². The molecule has 1 spiro atoms. The van der Waals surface area contributed by atoms with Gasteiger partial charge in [0.05, 0.1) is 10.4 Å². The maximum Gasteiger partial charge on any atom is 0.273 e. The Morgan fingerprint density at radius 3 is 2.64 bits per heavy atom. The van der Waals surface area contributed by atoms with Crippen LogP contribution in [-0.2, 0) is 4.79 Å². The molecule has 6 heteroatoms. The van der Waals surface area contributed by atoms with E-state index in [-0.39, 0.29) is 17.7 Å². The smallest absolute Gasteiger partial charge is 0.273 e. The monoisotopic (exact) mass is 355 g/mol. The molecule has 1 unspecified atom stereocenters. The second-order valence-electron chi connectivity index (χ2n) is 6.87. The second-order valence-corrected chi connectivity index (χ2v) is 7.94. The van der Waals surface area contributed by atoms with Gasteiger partial charge in [-0.3, -0.25) is 9.59 Å². The summed E-state index contributed by atoms with van der Waals surface area (Å²) in [4.78, 5) is 31.4. The first-order valence-corrected chi connectivity index (χ1v) is 9.53. The van der Waals surface area contributed by atoms with Gasteiger partial charge in [-0.05, 0) is 25.3 Å². The lowest BCUT2D eigenvalue weighted by atomic mass is 9.68. The van der Waals surface area contributed by atoms with Crippen molar-refractivity contribution in [2.45, 2.75) is 25.7 Å². The Labute approximate surface area is 151 Å². The number of hydrogen-bond donors (Lipinski definition) is 1. The highest BCUT2D eigenvalue weighted by Crippen LogP contribution is 2.47. The lowest BCUT2D eigenvalue weighted by Gasteiger charge is -2.40. The van der Waals surface area contributed by atoms with Crippen LogP contribution in [0.3, 0.4) is 0 Å². The molecule has 130 valence electrons. The first-order chi connectivity index (χ1) is 12.1. The summed E-state index contributed by atoms with van der Waals surface area (Å²) in [5.74, 6) is 0.298. The summed E-state index contributed by atoms with van der Waals surface area (Å²) in [5.41, 5.74) is 1.33. The number of carbonyl (C=O) groups is 2. The van der Waals surface area contributed by atoms with Crippen LogP contribution in [0.5, 0.6) is 0 Å². The van der Waals surface area contributed by atoms with Gasteiger partial charge in [0.2, 0.25) is 5.91 Å². The average Bonchev–Trinajstić information content (AvgIpc) is 3.21. The highest BCUT2D eigenvalue weighted by molar-refractivity contribution is 7.09. The molecule has 1 atom stereocenters. The van der Waals surface area contributed by atoms with Crippen LogP contribution in [0, 0.1) is 12.3 Å². The Morgan fingerprint density at radius 2 is 2.00 bits per heavy atom. The minimum Gasteiger partial charge on any atom is -0.355 e. The van der Waals surface area contributed by atoms with Gasteiger partial charge < -0.3 is 10.2 Å². The molecule has 1 N–H and O–H groups in total. The fourth-order valence-corrected chi connectivity index (χ4v) is 4.74. The van der Waals surface area contributed by atoms with Crippen molar-refractivity contribution in [3.05, 3.63) is 52.0 Å². The summed E-state index contributed by atoms with van der Waals surface area (Å²) in [6.45, 7) is 3.79. The molecular formula is C19H21N3O2S. The third kappa shape index (κ3) is 2.74. The van der Waals surface area contributed by atoms with E-state index in [1.54, 1.807) is 0 Å². The summed E-state index contributed by atoms with van der Waals surface area (Å²) in [7, 11) is 0. The number of rotatable bonds is 2. The first-order valence-electron chi connectivity index (χ1n) is 8.65. The SMILES string of the molecule is Cc1nc(C(=O)N2CCC3(CC2)C(=O)NCC3c2ccccc2)cs1. The van der Waals surface area contributed by atoms with Gasteiger partial charge in [0.1, 0.15) is 5.69 Å². The second kappa shape index (κ2) is 6.26. The van der Waals surface area contributed by atoms with Crippen LogP contribution in [0.4, 0.5) is 0 Å². The third-order valence-electron chi connectivity index (χ3n) is 5.57. The van der Waals surface area contributed by atoms with E-state index in [1.165, 1.54) is 16.9 Å². The lowest BCUT2D eigenvalue weighted by Crippen LogP contribution is -2.48. The van der Waals surface area contributed by atoms with Crippen LogP contribution >= 0.6 is 11.3 Å². The number of carbonyl (C=O) groups excluding carboxylic acids is 2. The van der Waals surface area contributed by atoms with E-state index < -0.39 is 5.41 Å². The molecule has 25 heavy (non-hydrogen) atoms. The number of amides is 2. The van der Waals surface area contributed by atoms with Crippen molar-refractivity contribution in [1.82, 2.24) is 15.2 Å². The van der Waals surface area contributed by atoms with E-state index in [0.717, 1.165) is 5.01 Å². The summed E-state index contributed by atoms with van der Waals surface area (Å²) in [6, 6.07) is 10.2. The number of likely N-dealkylation sites (tertiary alicyclic amines) is 1. The Balaban J connectivity index is 1.53. The van der Waals surface area contributed by atoms with Crippen molar-refractivity contribution in [3.63, 3.8) is 0 Å². The number of thiazole rings is 1. The highest BCUT2D eigenvalue weighted by Gasteiger charge is 2.52. The molecule has 2 fully saturated rings. The van der Waals surface area contributed by atoms with E-state index in [1.807, 2.05) is 35.4 Å². The van der Waals surface area contributed by atoms with Crippen molar-refractivity contribution in [1.29, 1.82) is 0 Å². The minimum atomic E-state index is -0.393. The number of nitrogens with one attached hydrogen (secondary N) is 1. The molecule has 0 saturated carbocycles. The number of nitrogens with zero attached hydrogens (tertiary/aromatic N) is 2. The summed E-state index contributed by atoms with van der Waals surface area (Å²) >= 11 is 1.49. The van der Waals surface area contributed by atoms with Gasteiger partial charge in [-0.2, -0.15) is 0 Å². The predicted octanol–water partition coefficient (Wildman–Crippen LogP) is 2.59. The molecule has 4 rings (SSSR count). The van der Waals surface area contributed by atoms with E-state index in [2.05, 4.69) is 22.4 Å². The number of aromatic nitrogens is 1. The van der Waals surface area contributed by atoms with Gasteiger partial charge in [-0.1, -0.05) is 30.3 Å². The number of piperidine rings is 1. The molecule has 2 aliphatic rings. The molecule has 0 radical (unpaired) electrons. The summed E-state index contributed by atoms with van der Waals surface area (Å²) < 4.78 is 0. The lowest BCUT2D eigenvalue weighted by molar-refractivity contribution is -0.130. The van der Waals surface area contributed by atoms with Crippen molar-refractivity contribution in [3.8, 4) is 0 Å². The van der Waals surface area contributed by atoms with Crippen LogP contribution in [0.15, 0.2) is 35.7 Å². The molecular weight excluding hydrogens is 334 g/mol. The fraction of sp³-hybridized carbons (Fsp3) is 0.421. The quantitative estimate of drug-likeness (QED) is 0.901. The van der Waals surface area contributed by atoms with E-state index in [0.29, 0.717) is 38.2 Å². The zero-order valence-corrected chi connectivity index (χ0v) is 15.0. The molecule has 2 aliphatic heterocycles. The topological polar surface area (TPSA) is 62.3 Å². The minimum absolute atomic E-state index is 0.0196. The van der Waals surface area contributed by atoms with Crippen molar-refractivity contribution >= 4 is 23.2 Å². The van der Waals surface area contributed by atoms with Crippen LogP contribution in [0.25, 0.3) is 0 Å². The molecule has 5 nitrogen and oxygen atoms in total. The van der Waals surface area contributed by atoms with Crippen LogP contribution in [0.1, 0.15) is 39.8 Å². The van der Waals surface area contributed by atoms with Gasteiger partial charge in [0.25, 0.3) is 5.91 Å². The van der Waals surface area contributed by atoms with E-state index >= 15 is 0 Å². The van der Waals surface area contributed by atoms with Crippen LogP contribution < -0.4 is 5.32 Å². The molecule has 3 heterocycles. The maximum absolute atomic E-state index is 12.7. The zero-order valence-electron chi connectivity index (χ0n) is 14.2. The average molecular weight is 355 g/mol. The zero-order chi connectivity index (χ0) is 17.4. The van der Waals surface area contributed by atoms with Crippen LogP contribution in [-0.4, -0.2) is 41.3 Å². The molecule has 1 aromatic carbocycles. The standard InChI is InChI=1S/C19H21N3O2S/c1-13-21-16(12-25-13)17(23)22-9-7-19(8-10-22)15(11-20-18(19)24)14-5-3-2-4-6-14/h2-6,12,15H,7-11H2,1H3,(H,20,24). The molecule has 2 amide bonds. The van der Waals surface area contributed by atoms with Crippen molar-refractivity contribution in [2.75, 3.05) is 19.6 Å². The molecule has 2 aromatic rings. The van der Waals surface area contributed by atoms with Gasteiger partial charge >= 0.3 is 0 Å². The Morgan fingerprint density at radius 1 is 1.28 bits per heavy atom. The third-order valence-corrected chi connectivity index (χ3v) is 6.34. The normalized spacial score (nSPS) is 22.2. The Hall–Kier alpha value is -2.21. The Bertz CT molecular complexity index is 794. The summed E-state index contributed by atoms with van der Waals surface area (Å²) in [6.07, 6.45) is 1.40.